The summed E-state index contributed by atoms with van der Waals surface area (Å²) in [6, 6.07) is 7.69. The van der Waals surface area contributed by atoms with Gasteiger partial charge in [0.25, 0.3) is 11.8 Å². The first-order chi connectivity index (χ1) is 12.5. The molecule has 1 heterocycles. The van der Waals surface area contributed by atoms with E-state index in [1.807, 2.05) is 24.3 Å². The number of halogens is 3. The molecule has 0 spiro atoms. The van der Waals surface area contributed by atoms with E-state index in [1.54, 1.807) is 6.08 Å². The Labute approximate surface area is 176 Å². The number of amides is 2. The van der Waals surface area contributed by atoms with Crippen molar-refractivity contribution in [2.75, 3.05) is 35.6 Å². The average molecular weight is 453 g/mol. The number of alkyl halides is 3. The van der Waals surface area contributed by atoms with Gasteiger partial charge in [0.15, 0.2) is 4.32 Å². The van der Waals surface area contributed by atoms with Gasteiger partial charge in [0.1, 0.15) is 5.88 Å². The molecule has 2 rings (SSSR count). The van der Waals surface area contributed by atoms with Crippen LogP contribution in [0.4, 0.5) is 5.69 Å². The lowest BCUT2D eigenvalue weighted by molar-refractivity contribution is -0.131. The molecular formula is C16H16Cl3N3O2S2. The minimum absolute atomic E-state index is 0.251. The maximum atomic E-state index is 12.4. The Morgan fingerprint density at radius 3 is 2.35 bits per heavy atom. The Morgan fingerprint density at radius 2 is 1.81 bits per heavy atom. The van der Waals surface area contributed by atoms with E-state index < -0.39 is 5.91 Å². The molecule has 0 aliphatic carbocycles. The summed E-state index contributed by atoms with van der Waals surface area (Å²) in [6.45, 7) is 1.40. The van der Waals surface area contributed by atoms with Gasteiger partial charge in [-0.3, -0.25) is 15.0 Å². The van der Waals surface area contributed by atoms with Crippen LogP contribution in [-0.4, -0.2) is 51.9 Å². The molecule has 0 atom stereocenters. The highest BCUT2D eigenvalue weighted by atomic mass is 35.5. The summed E-state index contributed by atoms with van der Waals surface area (Å²) in [5.74, 6) is -0.108. The van der Waals surface area contributed by atoms with Gasteiger partial charge in [-0.2, -0.15) is 5.01 Å². The number of nitrogens with one attached hydrogen (secondary N) is 1. The molecule has 10 heteroatoms. The first kappa shape index (κ1) is 21.3. The molecule has 1 aliphatic rings. The molecule has 140 valence electrons. The average Bonchev–Trinajstić information content (AvgIpc) is 2.89. The van der Waals surface area contributed by atoms with Crippen LogP contribution in [0.2, 0.25) is 0 Å². The van der Waals surface area contributed by atoms with Crippen molar-refractivity contribution in [3.63, 3.8) is 0 Å². The Kier molecular flexibility index (Phi) is 8.50. The largest absolute Gasteiger partial charge is 0.369 e. The molecule has 26 heavy (non-hydrogen) atoms. The fourth-order valence-electron chi connectivity index (χ4n) is 2.23. The topological polar surface area (TPSA) is 52.7 Å². The Bertz CT molecular complexity index is 707. The van der Waals surface area contributed by atoms with E-state index in [9.17, 15) is 9.59 Å². The van der Waals surface area contributed by atoms with Gasteiger partial charge in [0.05, 0.1) is 4.91 Å². The van der Waals surface area contributed by atoms with Gasteiger partial charge in [-0.1, -0.05) is 23.9 Å². The molecule has 1 aromatic rings. The Morgan fingerprint density at radius 1 is 1.19 bits per heavy atom. The van der Waals surface area contributed by atoms with Crippen molar-refractivity contribution in [3.05, 3.63) is 34.7 Å². The highest BCUT2D eigenvalue weighted by molar-refractivity contribution is 8.26. The summed E-state index contributed by atoms with van der Waals surface area (Å²) >= 11 is 23.3. The van der Waals surface area contributed by atoms with Crippen molar-refractivity contribution >= 4 is 86.7 Å². The third kappa shape index (κ3) is 5.50. The van der Waals surface area contributed by atoms with Crippen LogP contribution in [0.25, 0.3) is 6.08 Å². The summed E-state index contributed by atoms with van der Waals surface area (Å²) in [4.78, 5) is 26.3. The summed E-state index contributed by atoms with van der Waals surface area (Å²) < 4.78 is 0.256. The molecule has 0 aromatic heterocycles. The number of carbonyl (C=O) groups excluding carboxylic acids is 2. The lowest BCUT2D eigenvalue weighted by Gasteiger charge is -2.22. The van der Waals surface area contributed by atoms with E-state index in [4.69, 9.17) is 47.0 Å². The number of thiocarbonyl (C=S) groups is 1. The van der Waals surface area contributed by atoms with Crippen LogP contribution in [0.1, 0.15) is 5.56 Å². The monoisotopic (exact) mass is 451 g/mol. The minimum atomic E-state index is -0.493. The van der Waals surface area contributed by atoms with Gasteiger partial charge in [-0.05, 0) is 36.0 Å². The van der Waals surface area contributed by atoms with Crippen molar-refractivity contribution in [2.24, 2.45) is 0 Å². The Hall–Kier alpha value is -0.990. The van der Waals surface area contributed by atoms with E-state index in [-0.39, 0.29) is 16.1 Å². The van der Waals surface area contributed by atoms with E-state index in [0.717, 1.165) is 28.0 Å². The van der Waals surface area contributed by atoms with Crippen molar-refractivity contribution in [3.8, 4) is 0 Å². The van der Waals surface area contributed by atoms with E-state index in [1.165, 1.54) is 0 Å². The summed E-state index contributed by atoms with van der Waals surface area (Å²) in [5.41, 5.74) is 4.22. The van der Waals surface area contributed by atoms with Crippen LogP contribution < -0.4 is 10.3 Å². The zero-order valence-electron chi connectivity index (χ0n) is 13.6. The third-order valence-corrected chi connectivity index (χ3v) is 5.30. The van der Waals surface area contributed by atoms with E-state index >= 15 is 0 Å². The third-order valence-electron chi connectivity index (χ3n) is 3.42. The lowest BCUT2D eigenvalue weighted by atomic mass is 10.1. The predicted molar refractivity (Wildman–Crippen MR) is 114 cm³/mol. The molecule has 1 N–H and O–H groups in total. The van der Waals surface area contributed by atoms with Gasteiger partial charge in [0, 0.05) is 30.5 Å². The first-order valence-electron chi connectivity index (χ1n) is 7.60. The number of nitrogens with zero attached hydrogens (tertiary/aromatic N) is 2. The van der Waals surface area contributed by atoms with Crippen LogP contribution >= 0.6 is 58.8 Å². The number of anilines is 1. The normalized spacial score (nSPS) is 15.7. The highest BCUT2D eigenvalue weighted by Gasteiger charge is 2.33. The summed E-state index contributed by atoms with van der Waals surface area (Å²) in [5, 5.41) is 1.04. The number of hydrogen-bond acceptors (Lipinski definition) is 5. The molecule has 1 fully saturated rings. The number of hydrazine groups is 1. The number of carbonyl (C=O) groups is 2. The maximum Gasteiger partial charge on any atom is 0.285 e. The number of benzene rings is 1. The summed E-state index contributed by atoms with van der Waals surface area (Å²) in [6.07, 6.45) is 1.73. The van der Waals surface area contributed by atoms with Crippen LogP contribution in [0, 0.1) is 0 Å². The van der Waals surface area contributed by atoms with Gasteiger partial charge in [-0.25, -0.2) is 0 Å². The smallest absolute Gasteiger partial charge is 0.285 e. The van der Waals surface area contributed by atoms with E-state index in [0.29, 0.717) is 29.8 Å². The van der Waals surface area contributed by atoms with Gasteiger partial charge in [0.2, 0.25) is 0 Å². The fourth-order valence-corrected chi connectivity index (χ4v) is 3.87. The van der Waals surface area contributed by atoms with Crippen molar-refractivity contribution in [1.82, 2.24) is 10.4 Å². The molecule has 0 saturated carbocycles. The van der Waals surface area contributed by atoms with Crippen molar-refractivity contribution < 1.29 is 9.59 Å². The van der Waals surface area contributed by atoms with Crippen molar-refractivity contribution in [1.29, 1.82) is 0 Å². The van der Waals surface area contributed by atoms with Gasteiger partial charge in [-0.15, -0.1) is 34.8 Å². The highest BCUT2D eigenvalue weighted by Crippen LogP contribution is 2.31. The lowest BCUT2D eigenvalue weighted by Crippen LogP contribution is -2.45. The van der Waals surface area contributed by atoms with Crippen LogP contribution in [-0.2, 0) is 9.59 Å². The number of hydrogen-bond donors (Lipinski definition) is 1. The second kappa shape index (κ2) is 10.4. The molecule has 2 amide bonds. The van der Waals surface area contributed by atoms with Gasteiger partial charge < -0.3 is 4.90 Å². The first-order valence-corrected chi connectivity index (χ1v) is 10.4. The van der Waals surface area contributed by atoms with Crippen LogP contribution in [0.5, 0.6) is 0 Å². The molecule has 5 nitrogen and oxygen atoms in total. The van der Waals surface area contributed by atoms with Gasteiger partial charge >= 0.3 is 0 Å². The van der Waals surface area contributed by atoms with Crippen molar-refractivity contribution in [2.45, 2.75) is 0 Å². The fraction of sp³-hybridized carbons (Fsp3) is 0.312. The molecule has 0 unspecified atom stereocenters. The quantitative estimate of drug-likeness (QED) is 0.372. The van der Waals surface area contributed by atoms with Crippen LogP contribution in [0.15, 0.2) is 29.2 Å². The maximum absolute atomic E-state index is 12.4. The van der Waals surface area contributed by atoms with Crippen LogP contribution in [0.3, 0.4) is 0 Å². The molecule has 1 aromatic carbocycles. The predicted octanol–water partition coefficient (Wildman–Crippen LogP) is 3.44. The van der Waals surface area contributed by atoms with E-state index in [2.05, 4.69) is 10.3 Å². The number of rotatable bonds is 8. The molecule has 1 aliphatic heterocycles. The zero-order valence-corrected chi connectivity index (χ0v) is 17.5. The zero-order chi connectivity index (χ0) is 19.1. The molecule has 1 saturated heterocycles. The molecule has 0 bridgehead atoms. The Balaban J connectivity index is 2.13. The second-order valence-electron chi connectivity index (χ2n) is 5.14. The molecular weight excluding hydrogens is 437 g/mol. The summed E-state index contributed by atoms with van der Waals surface area (Å²) in [7, 11) is 0. The minimum Gasteiger partial charge on any atom is -0.369 e. The standard InChI is InChI=1S/C16H16Cl3N3O2S2/c17-5-7-21(8-6-18)12-3-1-11(2-4-12)9-13-15(24)22(16(25)26-13)20-14(23)10-19/h1-4,9H,5-8,10H2,(H,20,23)/b13-9+. The molecule has 0 radical (unpaired) electrons. The second-order valence-corrected chi connectivity index (χ2v) is 7.84. The SMILES string of the molecule is O=C(CCl)NN1C(=O)/C(=C\c2ccc(N(CCCl)CCCl)cc2)SC1=S. The number of thioether (sulfide) groups is 1.